The van der Waals surface area contributed by atoms with Gasteiger partial charge in [0.1, 0.15) is 17.7 Å². The molecular weight excluding hydrogens is 500 g/mol. The van der Waals surface area contributed by atoms with Crippen LogP contribution in [0.4, 0.5) is 0 Å². The van der Waals surface area contributed by atoms with Crippen LogP contribution in [0.25, 0.3) is 0 Å². The van der Waals surface area contributed by atoms with Gasteiger partial charge in [0.2, 0.25) is 6.10 Å². The van der Waals surface area contributed by atoms with Crippen molar-refractivity contribution in [2.24, 2.45) is 11.8 Å². The molecule has 0 aliphatic carbocycles. The van der Waals surface area contributed by atoms with Gasteiger partial charge >= 0.3 is 17.9 Å². The Morgan fingerprint density at radius 2 is 1.41 bits per heavy atom. The first-order chi connectivity index (χ1) is 18.0. The SMILES string of the molecule is CN[C@@H](CC(C)C)C(=O)O[C@H](C)C(=O)N(C)[C@@H](CC(C)C)C(=O)O[C@H](Cc1ccccc1)C(=O)OC(C)(C)C. The molecule has 1 rings (SSSR count). The van der Waals surface area contributed by atoms with Gasteiger partial charge in [-0.15, -0.1) is 0 Å². The van der Waals surface area contributed by atoms with E-state index in [9.17, 15) is 19.2 Å². The van der Waals surface area contributed by atoms with Crippen molar-refractivity contribution < 1.29 is 33.4 Å². The Kier molecular flexibility index (Phi) is 13.6. The molecule has 0 spiro atoms. The zero-order chi connectivity index (χ0) is 29.9. The first-order valence-corrected chi connectivity index (χ1v) is 13.7. The third-order valence-corrected chi connectivity index (χ3v) is 5.95. The summed E-state index contributed by atoms with van der Waals surface area (Å²) >= 11 is 0. The smallest absolute Gasteiger partial charge is 0.348 e. The first-order valence-electron chi connectivity index (χ1n) is 13.7. The highest BCUT2D eigenvalue weighted by Crippen LogP contribution is 2.19. The van der Waals surface area contributed by atoms with Crippen molar-refractivity contribution in [3.05, 3.63) is 35.9 Å². The zero-order valence-electron chi connectivity index (χ0n) is 25.3. The number of amides is 1. The van der Waals surface area contributed by atoms with Gasteiger partial charge in [0.15, 0.2) is 6.10 Å². The Morgan fingerprint density at radius 3 is 1.90 bits per heavy atom. The van der Waals surface area contributed by atoms with E-state index >= 15 is 0 Å². The summed E-state index contributed by atoms with van der Waals surface area (Å²) < 4.78 is 16.7. The zero-order valence-corrected chi connectivity index (χ0v) is 25.3. The lowest BCUT2D eigenvalue weighted by atomic mass is 10.0. The summed E-state index contributed by atoms with van der Waals surface area (Å²) in [6.07, 6.45) is -1.33. The number of hydrogen-bond acceptors (Lipinski definition) is 8. The number of nitrogens with zero attached hydrogens (tertiary/aromatic N) is 1. The molecule has 0 saturated carbocycles. The van der Waals surface area contributed by atoms with E-state index < -0.39 is 53.7 Å². The fourth-order valence-electron chi connectivity index (χ4n) is 4.00. The number of benzene rings is 1. The minimum Gasteiger partial charge on any atom is -0.457 e. The fourth-order valence-corrected chi connectivity index (χ4v) is 4.00. The number of hydrogen-bond donors (Lipinski definition) is 1. The van der Waals surface area contributed by atoms with Gasteiger partial charge in [0.05, 0.1) is 0 Å². The summed E-state index contributed by atoms with van der Waals surface area (Å²) in [4.78, 5) is 53.6. The van der Waals surface area contributed by atoms with Crippen LogP contribution in [-0.4, -0.2) is 72.7 Å². The third kappa shape index (κ3) is 12.2. The van der Waals surface area contributed by atoms with Crippen LogP contribution in [0.5, 0.6) is 0 Å². The molecule has 220 valence electrons. The molecule has 0 fully saturated rings. The lowest BCUT2D eigenvalue weighted by Gasteiger charge is -2.31. The van der Waals surface area contributed by atoms with Crippen LogP contribution in [0.1, 0.15) is 73.8 Å². The minimum absolute atomic E-state index is 0.0319. The fraction of sp³-hybridized carbons (Fsp3) is 0.667. The van der Waals surface area contributed by atoms with Crippen LogP contribution in [-0.2, 0) is 39.8 Å². The highest BCUT2D eigenvalue weighted by Gasteiger charge is 2.37. The number of rotatable bonds is 14. The number of likely N-dealkylation sites (N-methyl/N-ethyl adjacent to an activating group) is 2. The van der Waals surface area contributed by atoms with Crippen LogP contribution in [0.2, 0.25) is 0 Å². The molecule has 4 atom stereocenters. The summed E-state index contributed by atoms with van der Waals surface area (Å²) in [5.41, 5.74) is 0.0230. The minimum atomic E-state index is -1.19. The Hall–Kier alpha value is -2.94. The Balaban J connectivity index is 3.11. The van der Waals surface area contributed by atoms with E-state index in [1.165, 1.54) is 18.9 Å². The predicted molar refractivity (Wildman–Crippen MR) is 150 cm³/mol. The lowest BCUT2D eigenvalue weighted by molar-refractivity contribution is -0.179. The average Bonchev–Trinajstić information content (AvgIpc) is 2.83. The monoisotopic (exact) mass is 548 g/mol. The Morgan fingerprint density at radius 1 is 0.846 bits per heavy atom. The van der Waals surface area contributed by atoms with E-state index in [2.05, 4.69) is 5.32 Å². The molecular formula is C30H48N2O7. The molecule has 9 nitrogen and oxygen atoms in total. The summed E-state index contributed by atoms with van der Waals surface area (Å²) in [5.74, 6) is -2.18. The van der Waals surface area contributed by atoms with E-state index in [0.717, 1.165) is 5.56 Å². The predicted octanol–water partition coefficient (Wildman–Crippen LogP) is 3.92. The summed E-state index contributed by atoms with van der Waals surface area (Å²) in [5, 5.41) is 2.92. The van der Waals surface area contributed by atoms with Gasteiger partial charge in [-0.3, -0.25) is 9.59 Å². The third-order valence-electron chi connectivity index (χ3n) is 5.95. The van der Waals surface area contributed by atoms with Gasteiger partial charge in [0, 0.05) is 13.5 Å². The number of esters is 3. The van der Waals surface area contributed by atoms with Gasteiger partial charge in [-0.05, 0) is 65.0 Å². The second-order valence-electron chi connectivity index (χ2n) is 11.8. The molecule has 1 aromatic rings. The maximum Gasteiger partial charge on any atom is 0.348 e. The molecule has 1 aromatic carbocycles. The van der Waals surface area contributed by atoms with Crippen molar-refractivity contribution >= 4 is 23.8 Å². The molecule has 0 bridgehead atoms. The molecule has 0 radical (unpaired) electrons. The van der Waals surface area contributed by atoms with Crippen molar-refractivity contribution in [2.75, 3.05) is 14.1 Å². The maximum absolute atomic E-state index is 13.5. The van der Waals surface area contributed by atoms with Gasteiger partial charge in [0.25, 0.3) is 5.91 Å². The largest absolute Gasteiger partial charge is 0.457 e. The molecule has 0 unspecified atom stereocenters. The van der Waals surface area contributed by atoms with Crippen molar-refractivity contribution in [2.45, 2.75) is 105 Å². The molecule has 1 N–H and O–H groups in total. The van der Waals surface area contributed by atoms with Crippen molar-refractivity contribution in [3.63, 3.8) is 0 Å². The molecule has 39 heavy (non-hydrogen) atoms. The molecule has 0 saturated heterocycles. The van der Waals surface area contributed by atoms with Crippen LogP contribution in [0.3, 0.4) is 0 Å². The lowest BCUT2D eigenvalue weighted by Crippen LogP contribution is -2.50. The van der Waals surface area contributed by atoms with Gasteiger partial charge in [-0.25, -0.2) is 9.59 Å². The van der Waals surface area contributed by atoms with Crippen molar-refractivity contribution in [3.8, 4) is 0 Å². The summed E-state index contributed by atoms with van der Waals surface area (Å²) in [7, 11) is 3.14. The number of carbonyl (C=O) groups excluding carboxylic acids is 4. The average molecular weight is 549 g/mol. The van der Waals surface area contributed by atoms with Crippen LogP contribution < -0.4 is 5.32 Å². The summed E-state index contributed by atoms with van der Waals surface area (Å²) in [6, 6.07) is 7.65. The van der Waals surface area contributed by atoms with Gasteiger partial charge in [-0.1, -0.05) is 58.0 Å². The molecule has 9 heteroatoms. The van der Waals surface area contributed by atoms with Crippen LogP contribution in [0, 0.1) is 11.8 Å². The van der Waals surface area contributed by atoms with E-state index in [4.69, 9.17) is 14.2 Å². The topological polar surface area (TPSA) is 111 Å². The quantitative estimate of drug-likeness (QED) is 0.275. The second kappa shape index (κ2) is 15.6. The molecule has 0 aliphatic heterocycles. The molecule has 1 amide bonds. The van der Waals surface area contributed by atoms with Gasteiger partial charge < -0.3 is 24.4 Å². The van der Waals surface area contributed by atoms with E-state index in [-0.39, 0.29) is 18.3 Å². The number of nitrogens with one attached hydrogen (secondary N) is 1. The standard InChI is InChI=1S/C30H48N2O7/c1-19(2)16-23(31-9)27(34)37-21(5)26(33)32(10)24(17-20(3)4)28(35)38-25(29(36)39-30(6,7)8)18-22-14-12-11-13-15-22/h11-15,19-21,23-25,31H,16-18H2,1-10H3/t21-,23+,24+,25-/m1/s1. The van der Waals surface area contributed by atoms with Crippen LogP contribution >= 0.6 is 0 Å². The van der Waals surface area contributed by atoms with E-state index in [1.54, 1.807) is 27.8 Å². The second-order valence-corrected chi connectivity index (χ2v) is 11.8. The highest BCUT2D eigenvalue weighted by molar-refractivity contribution is 5.89. The van der Waals surface area contributed by atoms with E-state index in [0.29, 0.717) is 12.8 Å². The van der Waals surface area contributed by atoms with Crippen molar-refractivity contribution in [1.82, 2.24) is 10.2 Å². The molecule has 0 aromatic heterocycles. The number of ether oxygens (including phenoxy) is 3. The first kappa shape index (κ1) is 34.1. The molecule has 0 aliphatic rings. The summed E-state index contributed by atoms with van der Waals surface area (Å²) in [6.45, 7) is 14.5. The van der Waals surface area contributed by atoms with E-state index in [1.807, 2.05) is 58.0 Å². The Bertz CT molecular complexity index is 940. The van der Waals surface area contributed by atoms with Crippen molar-refractivity contribution in [1.29, 1.82) is 0 Å². The maximum atomic E-state index is 13.5. The highest BCUT2D eigenvalue weighted by atomic mass is 16.6. The van der Waals surface area contributed by atoms with Gasteiger partial charge in [-0.2, -0.15) is 0 Å². The Labute approximate surface area is 233 Å². The molecule has 0 heterocycles. The van der Waals surface area contributed by atoms with Crippen LogP contribution in [0.15, 0.2) is 30.3 Å². The normalized spacial score (nSPS) is 14.8. The number of carbonyl (C=O) groups is 4.